The van der Waals surface area contributed by atoms with Crippen LogP contribution in [0.5, 0.6) is 5.75 Å². The Balaban J connectivity index is 1.52. The molecule has 0 aliphatic heterocycles. The van der Waals surface area contributed by atoms with Gasteiger partial charge >= 0.3 is 12.1 Å². The van der Waals surface area contributed by atoms with Gasteiger partial charge in [-0.3, -0.25) is 0 Å². The summed E-state index contributed by atoms with van der Waals surface area (Å²) >= 11 is 0. The van der Waals surface area contributed by atoms with Crippen LogP contribution in [0, 0.1) is 0 Å². The van der Waals surface area contributed by atoms with Crippen LogP contribution in [-0.2, 0) is 16.0 Å². The zero-order valence-corrected chi connectivity index (χ0v) is 24.1. The van der Waals surface area contributed by atoms with Crippen molar-refractivity contribution in [2.45, 2.75) is 96.8 Å². The molecule has 0 saturated heterocycles. The summed E-state index contributed by atoms with van der Waals surface area (Å²) < 4.78 is 49.7. The third kappa shape index (κ3) is 10.9. The van der Waals surface area contributed by atoms with Crippen LogP contribution in [0.3, 0.4) is 0 Å². The number of ether oxygens (including phenoxy) is 2. The first-order valence-corrected chi connectivity index (χ1v) is 14.7. The van der Waals surface area contributed by atoms with E-state index in [0.29, 0.717) is 12.2 Å². The topological polar surface area (TPSA) is 61.3 Å². The molecular weight excluding hydrogens is 529 g/mol. The summed E-state index contributed by atoms with van der Waals surface area (Å²) in [6, 6.07) is 14.5. The first-order chi connectivity index (χ1) is 19.8. The first-order valence-electron chi connectivity index (χ1n) is 14.7. The first kappa shape index (κ1) is 32.3. The molecule has 0 N–H and O–H groups in total. The standard InChI is InChI=1S/C33H41F3N2O3/c1-3-5-7-8-9-10-11-13-25-14-16-27(17-15-25)31-37-23-28(24-38-31)26-18-20-29(21-19-26)41-32(39)30(33(34,35)36)40-22-12-6-4-2/h14-21,23-24,30H,3-13,22H2,1-2H3. The van der Waals surface area contributed by atoms with Crippen LogP contribution in [0.1, 0.15) is 83.6 Å². The summed E-state index contributed by atoms with van der Waals surface area (Å²) in [5, 5.41) is 0. The zero-order valence-electron chi connectivity index (χ0n) is 24.1. The maximum Gasteiger partial charge on any atom is 0.425 e. The van der Waals surface area contributed by atoms with Crippen molar-refractivity contribution in [2.75, 3.05) is 6.61 Å². The van der Waals surface area contributed by atoms with E-state index in [4.69, 9.17) is 9.47 Å². The molecule has 3 aromatic rings. The zero-order chi connectivity index (χ0) is 29.5. The van der Waals surface area contributed by atoms with Crippen LogP contribution in [0.2, 0.25) is 0 Å². The lowest BCUT2D eigenvalue weighted by Gasteiger charge is -2.19. The Kier molecular flexibility index (Phi) is 13.3. The summed E-state index contributed by atoms with van der Waals surface area (Å²) in [6.45, 7) is 4.00. The van der Waals surface area contributed by atoms with E-state index in [-0.39, 0.29) is 12.4 Å². The smallest absolute Gasteiger partial charge is 0.424 e. The molecule has 3 rings (SSSR count). The van der Waals surface area contributed by atoms with Crippen LogP contribution in [-0.4, -0.2) is 34.8 Å². The third-order valence-corrected chi connectivity index (χ3v) is 6.88. The number of nitrogens with zero attached hydrogens (tertiary/aromatic N) is 2. The minimum Gasteiger partial charge on any atom is -0.424 e. The number of hydrogen-bond acceptors (Lipinski definition) is 5. The van der Waals surface area contributed by atoms with Gasteiger partial charge in [-0.1, -0.05) is 102 Å². The van der Waals surface area contributed by atoms with Crippen molar-refractivity contribution < 1.29 is 27.4 Å². The number of hydrogen-bond donors (Lipinski definition) is 0. The lowest BCUT2D eigenvalue weighted by atomic mass is 10.0. The van der Waals surface area contributed by atoms with Gasteiger partial charge < -0.3 is 9.47 Å². The third-order valence-electron chi connectivity index (χ3n) is 6.88. The highest BCUT2D eigenvalue weighted by Gasteiger charge is 2.47. The number of benzene rings is 2. The molecule has 1 atom stereocenters. The average Bonchev–Trinajstić information content (AvgIpc) is 2.97. The molecule has 1 unspecified atom stereocenters. The van der Waals surface area contributed by atoms with Crippen LogP contribution in [0.4, 0.5) is 13.2 Å². The highest BCUT2D eigenvalue weighted by atomic mass is 19.4. The van der Waals surface area contributed by atoms with E-state index >= 15 is 0 Å². The molecule has 8 heteroatoms. The molecule has 0 aliphatic carbocycles. The van der Waals surface area contributed by atoms with Crippen molar-refractivity contribution in [2.24, 2.45) is 0 Å². The van der Waals surface area contributed by atoms with Crippen molar-refractivity contribution in [1.29, 1.82) is 0 Å². The Morgan fingerprint density at radius 1 is 0.732 bits per heavy atom. The number of carbonyl (C=O) groups is 1. The second-order valence-corrected chi connectivity index (χ2v) is 10.3. The number of alkyl halides is 3. The van der Waals surface area contributed by atoms with Crippen molar-refractivity contribution >= 4 is 5.97 Å². The highest BCUT2D eigenvalue weighted by molar-refractivity contribution is 5.78. The molecule has 0 spiro atoms. The lowest BCUT2D eigenvalue weighted by Crippen LogP contribution is -2.42. The molecule has 41 heavy (non-hydrogen) atoms. The molecule has 0 radical (unpaired) electrons. The van der Waals surface area contributed by atoms with Crippen molar-refractivity contribution in [1.82, 2.24) is 9.97 Å². The second-order valence-electron chi connectivity index (χ2n) is 10.3. The number of rotatable bonds is 17. The van der Waals surface area contributed by atoms with Crippen LogP contribution in [0.25, 0.3) is 22.5 Å². The molecule has 0 amide bonds. The van der Waals surface area contributed by atoms with Crippen molar-refractivity contribution in [3.05, 3.63) is 66.5 Å². The van der Waals surface area contributed by atoms with Gasteiger partial charge in [-0.25, -0.2) is 14.8 Å². The van der Waals surface area contributed by atoms with Gasteiger partial charge in [-0.2, -0.15) is 13.2 Å². The van der Waals surface area contributed by atoms with Crippen molar-refractivity contribution in [3.8, 4) is 28.3 Å². The van der Waals surface area contributed by atoms with Gasteiger partial charge in [0.15, 0.2) is 5.82 Å². The fourth-order valence-corrected chi connectivity index (χ4v) is 4.47. The number of aromatic nitrogens is 2. The summed E-state index contributed by atoms with van der Waals surface area (Å²) in [4.78, 5) is 21.2. The van der Waals surface area contributed by atoms with E-state index < -0.39 is 18.2 Å². The number of halogens is 3. The molecule has 0 aliphatic rings. The largest absolute Gasteiger partial charge is 0.425 e. The maximum atomic E-state index is 13.3. The van der Waals surface area contributed by atoms with E-state index in [9.17, 15) is 18.0 Å². The number of aryl methyl sites for hydroxylation is 1. The summed E-state index contributed by atoms with van der Waals surface area (Å²) in [5.41, 5.74) is 3.71. The van der Waals surface area contributed by atoms with Gasteiger partial charge in [0.25, 0.3) is 6.10 Å². The fraction of sp³-hybridized carbons (Fsp3) is 0.485. The normalized spacial score (nSPS) is 12.3. The molecule has 0 saturated carbocycles. The van der Waals surface area contributed by atoms with Crippen LogP contribution in [0.15, 0.2) is 60.9 Å². The quantitative estimate of drug-likeness (QED) is 0.0920. The Bertz CT molecular complexity index is 1160. The van der Waals surface area contributed by atoms with Gasteiger partial charge in [0.2, 0.25) is 0 Å². The number of esters is 1. The molecule has 2 aromatic carbocycles. The average molecular weight is 571 g/mol. The predicted octanol–water partition coefficient (Wildman–Crippen LogP) is 9.15. The minimum atomic E-state index is -4.85. The van der Waals surface area contributed by atoms with E-state index in [0.717, 1.165) is 36.0 Å². The van der Waals surface area contributed by atoms with Gasteiger partial charge in [-0.15, -0.1) is 0 Å². The van der Waals surface area contributed by atoms with Crippen molar-refractivity contribution in [3.63, 3.8) is 0 Å². The van der Waals surface area contributed by atoms with Gasteiger partial charge in [0, 0.05) is 30.1 Å². The predicted molar refractivity (Wildman–Crippen MR) is 156 cm³/mol. The lowest BCUT2D eigenvalue weighted by molar-refractivity contribution is -0.225. The van der Waals surface area contributed by atoms with E-state index in [1.807, 2.05) is 19.1 Å². The minimum absolute atomic E-state index is 0.000667. The van der Waals surface area contributed by atoms with Gasteiger partial charge in [0.05, 0.1) is 0 Å². The summed E-state index contributed by atoms with van der Waals surface area (Å²) in [6.07, 6.45) is 8.03. The Hall–Kier alpha value is -3.26. The molecule has 0 bridgehead atoms. The summed E-state index contributed by atoms with van der Waals surface area (Å²) in [7, 11) is 0. The second kappa shape index (κ2) is 16.9. The molecule has 0 fully saturated rings. The molecule has 222 valence electrons. The molecule has 1 heterocycles. The van der Waals surface area contributed by atoms with Gasteiger partial charge in [-0.05, 0) is 42.5 Å². The van der Waals surface area contributed by atoms with E-state index in [2.05, 4.69) is 29.0 Å². The van der Waals surface area contributed by atoms with E-state index in [1.54, 1.807) is 24.5 Å². The summed E-state index contributed by atoms with van der Waals surface area (Å²) in [5.74, 6) is -0.874. The maximum absolute atomic E-state index is 13.3. The van der Waals surface area contributed by atoms with Gasteiger partial charge in [0.1, 0.15) is 5.75 Å². The fourth-order valence-electron chi connectivity index (χ4n) is 4.47. The Morgan fingerprint density at radius 3 is 1.90 bits per heavy atom. The van der Waals surface area contributed by atoms with Crippen LogP contribution >= 0.6 is 0 Å². The number of unbranched alkanes of at least 4 members (excludes halogenated alkanes) is 8. The monoisotopic (exact) mass is 570 g/mol. The van der Waals surface area contributed by atoms with E-state index in [1.165, 1.54) is 62.6 Å². The van der Waals surface area contributed by atoms with Crippen LogP contribution < -0.4 is 4.74 Å². The molecular formula is C33H41F3N2O3. The Labute approximate surface area is 241 Å². The molecule has 5 nitrogen and oxygen atoms in total. The number of carbonyl (C=O) groups excluding carboxylic acids is 1. The SMILES string of the molecule is CCCCCCCCCc1ccc(-c2ncc(-c3ccc(OC(=O)C(OCCCCC)C(F)(F)F)cc3)cn2)cc1. The Morgan fingerprint density at radius 2 is 1.29 bits per heavy atom. The highest BCUT2D eigenvalue weighted by Crippen LogP contribution is 2.27. The molecule has 1 aromatic heterocycles.